The standard InChI is InChI=1S/C36H34F3N7O3/c1-3-25-28(38)8-5-20-11-24(47)12-26(29(20)25)31-30(39)32-27(14-41-31)33(44-16-22-6-7-23(17-44)46(22)34(48)19(2)40)43-35(42-32)49-18-36-9-4-10-45(36)15-21(37)13-36/h1,5,8,11-12,14,21-23,40,47H,4,6-7,9-10,13,15-18H2,2H3/t21?,22-,23?,36?/m1/s1. The van der Waals surface area contributed by atoms with Gasteiger partial charge in [0.1, 0.15) is 41.4 Å². The summed E-state index contributed by atoms with van der Waals surface area (Å²) in [4.78, 5) is 32.5. The minimum absolute atomic E-state index is 0.0255. The molecule has 4 fully saturated rings. The molecule has 8 rings (SSSR count). The van der Waals surface area contributed by atoms with Gasteiger partial charge in [-0.3, -0.25) is 20.1 Å². The summed E-state index contributed by atoms with van der Waals surface area (Å²) in [5.41, 5.74) is -0.811. The summed E-state index contributed by atoms with van der Waals surface area (Å²) >= 11 is 0. The first kappa shape index (κ1) is 31.3. The summed E-state index contributed by atoms with van der Waals surface area (Å²) in [7, 11) is 0. The van der Waals surface area contributed by atoms with Gasteiger partial charge in [-0.25, -0.2) is 13.2 Å². The van der Waals surface area contributed by atoms with E-state index >= 15 is 4.39 Å². The Labute approximate surface area is 280 Å². The molecule has 4 aliphatic heterocycles. The molecule has 0 saturated carbocycles. The average molecular weight is 670 g/mol. The number of halogens is 3. The Morgan fingerprint density at radius 1 is 1.18 bits per heavy atom. The van der Waals surface area contributed by atoms with E-state index in [9.17, 15) is 18.7 Å². The predicted octanol–water partition coefficient (Wildman–Crippen LogP) is 4.98. The molecule has 3 unspecified atom stereocenters. The number of rotatable bonds is 6. The van der Waals surface area contributed by atoms with E-state index in [1.807, 2.05) is 4.90 Å². The van der Waals surface area contributed by atoms with Crippen LogP contribution in [0.2, 0.25) is 0 Å². The number of carbonyl (C=O) groups is 1. The lowest BCUT2D eigenvalue weighted by molar-refractivity contribution is -0.127. The van der Waals surface area contributed by atoms with Crippen LogP contribution in [0.5, 0.6) is 11.8 Å². The molecular formula is C36H34F3N7O3. The number of nitrogens with one attached hydrogen (secondary N) is 1. The van der Waals surface area contributed by atoms with Gasteiger partial charge >= 0.3 is 6.01 Å². The number of anilines is 1. The zero-order valence-corrected chi connectivity index (χ0v) is 26.8. The van der Waals surface area contributed by atoms with Crippen LogP contribution in [0, 0.1) is 29.4 Å². The normalized spacial score (nSPS) is 24.8. The van der Waals surface area contributed by atoms with Crippen molar-refractivity contribution in [1.29, 1.82) is 5.41 Å². The number of alkyl halides is 1. The Morgan fingerprint density at radius 3 is 2.69 bits per heavy atom. The van der Waals surface area contributed by atoms with Crippen molar-refractivity contribution >= 4 is 39.1 Å². The largest absolute Gasteiger partial charge is 0.508 e. The van der Waals surface area contributed by atoms with Crippen molar-refractivity contribution in [3.63, 3.8) is 0 Å². The number of amides is 1. The molecule has 4 aromatic rings. The number of fused-ring (bicyclic) bond motifs is 5. The quantitative estimate of drug-likeness (QED) is 0.218. The number of ether oxygens (including phenoxy) is 1. The first-order chi connectivity index (χ1) is 23.6. The lowest BCUT2D eigenvalue weighted by Gasteiger charge is -2.41. The van der Waals surface area contributed by atoms with Crippen LogP contribution in [0.4, 0.5) is 19.0 Å². The van der Waals surface area contributed by atoms with Gasteiger partial charge in [0.15, 0.2) is 5.82 Å². The maximum absolute atomic E-state index is 16.9. The zero-order valence-electron chi connectivity index (χ0n) is 26.8. The highest BCUT2D eigenvalue weighted by molar-refractivity contribution is 6.36. The van der Waals surface area contributed by atoms with Crippen LogP contribution >= 0.6 is 0 Å². The molecule has 4 saturated heterocycles. The summed E-state index contributed by atoms with van der Waals surface area (Å²) in [5.74, 6) is 0.732. The second-order valence-corrected chi connectivity index (χ2v) is 13.7. The predicted molar refractivity (Wildman–Crippen MR) is 178 cm³/mol. The zero-order chi connectivity index (χ0) is 34.2. The number of carbonyl (C=O) groups excluding carboxylic acids is 1. The van der Waals surface area contributed by atoms with Crippen molar-refractivity contribution in [2.75, 3.05) is 37.7 Å². The summed E-state index contributed by atoms with van der Waals surface area (Å²) in [6.07, 6.45) is 9.69. The molecule has 10 nitrogen and oxygen atoms in total. The van der Waals surface area contributed by atoms with E-state index in [2.05, 4.69) is 20.8 Å². The molecule has 2 aromatic heterocycles. The number of aromatic nitrogens is 3. The van der Waals surface area contributed by atoms with Gasteiger partial charge in [-0.05, 0) is 62.7 Å². The molecular weight excluding hydrogens is 635 g/mol. The smallest absolute Gasteiger partial charge is 0.319 e. The van der Waals surface area contributed by atoms with Crippen molar-refractivity contribution in [3.05, 3.63) is 47.7 Å². The minimum atomic E-state index is -0.961. The van der Waals surface area contributed by atoms with Crippen LogP contribution in [0.25, 0.3) is 32.9 Å². The van der Waals surface area contributed by atoms with E-state index in [0.717, 1.165) is 32.2 Å². The van der Waals surface area contributed by atoms with E-state index in [1.165, 1.54) is 37.4 Å². The molecule has 13 heteroatoms. The molecule has 0 aliphatic carbocycles. The molecule has 0 spiro atoms. The Kier molecular flexibility index (Phi) is 7.40. The van der Waals surface area contributed by atoms with Gasteiger partial charge in [-0.1, -0.05) is 12.0 Å². The van der Waals surface area contributed by atoms with Crippen LogP contribution in [0.15, 0.2) is 30.5 Å². The highest BCUT2D eigenvalue weighted by atomic mass is 19.1. The van der Waals surface area contributed by atoms with Crippen molar-refractivity contribution < 1.29 is 27.8 Å². The number of pyridine rings is 1. The van der Waals surface area contributed by atoms with Gasteiger partial charge in [0.05, 0.1) is 34.3 Å². The SMILES string of the molecule is C#Cc1c(F)ccc2cc(O)cc(-c3ncc4c(N5CC6CC[C@H](C5)N6C(=O)C(C)=N)nc(OCC56CCCN5CC(F)C6)nc4c3F)c12. The Balaban J connectivity index is 1.26. The fourth-order valence-corrected chi connectivity index (χ4v) is 8.52. The first-order valence-electron chi connectivity index (χ1n) is 16.5. The molecule has 4 aliphatic rings. The molecule has 49 heavy (non-hydrogen) atoms. The van der Waals surface area contributed by atoms with Gasteiger partial charge in [0.25, 0.3) is 5.91 Å². The molecule has 2 N–H and O–H groups in total. The second-order valence-electron chi connectivity index (χ2n) is 13.7. The summed E-state index contributed by atoms with van der Waals surface area (Å²) < 4.78 is 52.6. The van der Waals surface area contributed by atoms with E-state index in [0.29, 0.717) is 42.6 Å². The third-order valence-electron chi connectivity index (χ3n) is 10.7. The maximum atomic E-state index is 16.9. The Morgan fingerprint density at radius 2 is 1.96 bits per heavy atom. The molecule has 6 heterocycles. The third-order valence-corrected chi connectivity index (χ3v) is 10.7. The lowest BCUT2D eigenvalue weighted by Crippen LogP contribution is -2.57. The number of nitrogens with zero attached hydrogens (tertiary/aromatic N) is 6. The number of hydrogen-bond acceptors (Lipinski definition) is 9. The fraction of sp³-hybridized carbons (Fsp3) is 0.417. The highest BCUT2D eigenvalue weighted by Gasteiger charge is 2.49. The van der Waals surface area contributed by atoms with Crippen molar-refractivity contribution in [3.8, 4) is 35.4 Å². The van der Waals surface area contributed by atoms with E-state index < -0.39 is 23.3 Å². The van der Waals surface area contributed by atoms with Crippen LogP contribution in [-0.4, -0.2) is 98.1 Å². The number of benzene rings is 2. The molecule has 4 atom stereocenters. The van der Waals surface area contributed by atoms with Crippen LogP contribution in [0.1, 0.15) is 44.6 Å². The van der Waals surface area contributed by atoms with Crippen molar-refractivity contribution in [2.45, 2.75) is 62.8 Å². The van der Waals surface area contributed by atoms with Gasteiger partial charge in [0.2, 0.25) is 0 Å². The lowest BCUT2D eigenvalue weighted by atomic mass is 9.95. The molecule has 252 valence electrons. The van der Waals surface area contributed by atoms with Crippen LogP contribution < -0.4 is 9.64 Å². The Hall–Kier alpha value is -4.96. The van der Waals surface area contributed by atoms with E-state index in [4.69, 9.17) is 21.6 Å². The van der Waals surface area contributed by atoms with Gasteiger partial charge in [-0.15, -0.1) is 6.42 Å². The third kappa shape index (κ3) is 5.03. The molecule has 0 radical (unpaired) electrons. The number of phenols is 1. The Bertz CT molecular complexity index is 2090. The van der Waals surface area contributed by atoms with Crippen molar-refractivity contribution in [1.82, 2.24) is 24.8 Å². The first-order valence-corrected chi connectivity index (χ1v) is 16.5. The second kappa shape index (κ2) is 11.6. The van der Waals surface area contributed by atoms with E-state index in [-0.39, 0.29) is 69.8 Å². The van der Waals surface area contributed by atoms with Crippen LogP contribution in [-0.2, 0) is 4.79 Å². The molecule has 2 aromatic carbocycles. The maximum Gasteiger partial charge on any atom is 0.319 e. The van der Waals surface area contributed by atoms with E-state index in [1.54, 1.807) is 4.90 Å². The van der Waals surface area contributed by atoms with Gasteiger partial charge in [-0.2, -0.15) is 9.97 Å². The molecule has 2 bridgehead atoms. The highest BCUT2D eigenvalue weighted by Crippen LogP contribution is 2.42. The average Bonchev–Trinajstić information content (AvgIpc) is 3.69. The number of phenolic OH excluding ortho intramolecular Hbond substituents is 1. The van der Waals surface area contributed by atoms with Crippen molar-refractivity contribution in [2.24, 2.45) is 0 Å². The minimum Gasteiger partial charge on any atom is -0.508 e. The molecule has 1 amide bonds. The summed E-state index contributed by atoms with van der Waals surface area (Å²) in [6.45, 7) is 3.53. The summed E-state index contributed by atoms with van der Waals surface area (Å²) in [6, 6.07) is 4.94. The number of piperazine rings is 1. The monoisotopic (exact) mass is 669 g/mol. The van der Waals surface area contributed by atoms with Crippen LogP contribution in [0.3, 0.4) is 0 Å². The summed E-state index contributed by atoms with van der Waals surface area (Å²) in [5, 5.41) is 19.4. The number of terminal acetylenes is 1. The number of aromatic hydroxyl groups is 1. The number of hydrogen-bond donors (Lipinski definition) is 2. The fourth-order valence-electron chi connectivity index (χ4n) is 8.52. The van der Waals surface area contributed by atoms with Gasteiger partial charge < -0.3 is 19.6 Å². The topological polar surface area (TPSA) is 119 Å². The van der Waals surface area contributed by atoms with Gasteiger partial charge in [0, 0.05) is 43.2 Å².